The van der Waals surface area contributed by atoms with Gasteiger partial charge in [-0.15, -0.1) is 0 Å². The SMILES string of the molecule is COc1cc(CNc2ccc3[c]c[nH]c3c2)cc(OC)c1OC. The van der Waals surface area contributed by atoms with Gasteiger partial charge in [0.25, 0.3) is 0 Å². The van der Waals surface area contributed by atoms with Gasteiger partial charge >= 0.3 is 0 Å². The van der Waals surface area contributed by atoms with Crippen LogP contribution < -0.4 is 19.5 Å². The molecule has 1 radical (unpaired) electrons. The topological polar surface area (TPSA) is 55.5 Å². The van der Waals surface area contributed by atoms with Crippen molar-refractivity contribution in [2.75, 3.05) is 26.6 Å². The highest BCUT2D eigenvalue weighted by atomic mass is 16.5. The Labute approximate surface area is 135 Å². The number of H-pyrrole nitrogens is 1. The molecule has 3 rings (SSSR count). The molecule has 0 unspecified atom stereocenters. The fourth-order valence-electron chi connectivity index (χ4n) is 2.53. The molecule has 1 aromatic heterocycles. The molecular weight excluding hydrogens is 292 g/mol. The van der Waals surface area contributed by atoms with Crippen LogP contribution in [0.3, 0.4) is 0 Å². The monoisotopic (exact) mass is 311 g/mol. The number of anilines is 1. The van der Waals surface area contributed by atoms with Crippen molar-refractivity contribution in [3.8, 4) is 17.2 Å². The first-order valence-electron chi connectivity index (χ1n) is 7.26. The maximum atomic E-state index is 5.38. The van der Waals surface area contributed by atoms with Crippen LogP contribution >= 0.6 is 0 Å². The summed E-state index contributed by atoms with van der Waals surface area (Å²) >= 11 is 0. The minimum absolute atomic E-state index is 0.599. The van der Waals surface area contributed by atoms with E-state index < -0.39 is 0 Å². The third-order valence-electron chi connectivity index (χ3n) is 3.70. The normalized spacial score (nSPS) is 10.6. The Morgan fingerprint density at radius 3 is 2.39 bits per heavy atom. The van der Waals surface area contributed by atoms with Gasteiger partial charge in [0.2, 0.25) is 5.75 Å². The number of hydrogen-bond donors (Lipinski definition) is 2. The lowest BCUT2D eigenvalue weighted by atomic mass is 10.1. The van der Waals surface area contributed by atoms with Gasteiger partial charge in [0.05, 0.1) is 21.3 Å². The maximum absolute atomic E-state index is 5.38. The predicted molar refractivity (Wildman–Crippen MR) is 90.6 cm³/mol. The molecule has 2 N–H and O–H groups in total. The number of benzene rings is 2. The standard InChI is InChI=1S/C18H19N2O3/c1-21-16-8-12(9-17(22-2)18(16)23-3)11-20-14-5-4-13-6-7-19-15(13)10-14/h4-5,7-10,19-20H,11H2,1-3H3. The van der Waals surface area contributed by atoms with E-state index in [0.717, 1.165) is 22.2 Å². The summed E-state index contributed by atoms with van der Waals surface area (Å²) in [7, 11) is 4.83. The second kappa shape index (κ2) is 6.52. The summed E-state index contributed by atoms with van der Waals surface area (Å²) in [5.41, 5.74) is 3.12. The Balaban J connectivity index is 1.81. The minimum atomic E-state index is 0.599. The summed E-state index contributed by atoms with van der Waals surface area (Å²) in [6, 6.07) is 13.1. The number of fused-ring (bicyclic) bond motifs is 1. The van der Waals surface area contributed by atoms with E-state index in [-0.39, 0.29) is 0 Å². The van der Waals surface area contributed by atoms with Crippen LogP contribution in [0, 0.1) is 6.07 Å². The molecule has 3 aromatic rings. The average Bonchev–Trinajstić information content (AvgIpc) is 3.06. The summed E-state index contributed by atoms with van der Waals surface area (Å²) in [6.07, 6.45) is 1.81. The molecule has 119 valence electrons. The number of methoxy groups -OCH3 is 3. The van der Waals surface area contributed by atoms with Gasteiger partial charge in [0.1, 0.15) is 0 Å². The predicted octanol–water partition coefficient (Wildman–Crippen LogP) is 3.61. The van der Waals surface area contributed by atoms with Gasteiger partial charge in [0.15, 0.2) is 11.5 Å². The van der Waals surface area contributed by atoms with Crippen molar-refractivity contribution in [1.82, 2.24) is 4.98 Å². The van der Waals surface area contributed by atoms with Crippen molar-refractivity contribution in [3.05, 3.63) is 48.2 Å². The third-order valence-corrected chi connectivity index (χ3v) is 3.70. The van der Waals surface area contributed by atoms with E-state index in [1.165, 1.54) is 0 Å². The number of aromatic amines is 1. The van der Waals surface area contributed by atoms with Crippen LogP contribution in [0.5, 0.6) is 17.2 Å². The average molecular weight is 311 g/mol. The second-order valence-corrected chi connectivity index (χ2v) is 5.08. The number of aromatic nitrogens is 1. The molecule has 0 spiro atoms. The molecule has 0 saturated carbocycles. The summed E-state index contributed by atoms with van der Waals surface area (Å²) in [4.78, 5) is 3.16. The van der Waals surface area contributed by atoms with E-state index in [2.05, 4.69) is 22.4 Å². The lowest BCUT2D eigenvalue weighted by Gasteiger charge is -2.15. The molecule has 0 atom stereocenters. The zero-order chi connectivity index (χ0) is 16.2. The molecular formula is C18H19N2O3. The molecule has 5 nitrogen and oxygen atoms in total. The fourth-order valence-corrected chi connectivity index (χ4v) is 2.53. The van der Waals surface area contributed by atoms with Crippen molar-refractivity contribution >= 4 is 16.6 Å². The molecule has 0 saturated heterocycles. The molecule has 5 heteroatoms. The van der Waals surface area contributed by atoms with Gasteiger partial charge in [-0.3, -0.25) is 0 Å². The van der Waals surface area contributed by atoms with Crippen LogP contribution in [0.25, 0.3) is 10.9 Å². The summed E-state index contributed by atoms with van der Waals surface area (Å²) < 4.78 is 16.1. The van der Waals surface area contributed by atoms with Crippen molar-refractivity contribution in [2.24, 2.45) is 0 Å². The van der Waals surface area contributed by atoms with E-state index in [1.807, 2.05) is 30.5 Å². The van der Waals surface area contributed by atoms with Gasteiger partial charge < -0.3 is 24.5 Å². The molecule has 0 aliphatic carbocycles. The largest absolute Gasteiger partial charge is 0.493 e. The zero-order valence-corrected chi connectivity index (χ0v) is 13.4. The van der Waals surface area contributed by atoms with Gasteiger partial charge in [0, 0.05) is 35.4 Å². The van der Waals surface area contributed by atoms with Crippen LogP contribution in [0.1, 0.15) is 5.56 Å². The van der Waals surface area contributed by atoms with E-state index >= 15 is 0 Å². The van der Waals surface area contributed by atoms with Crippen LogP contribution in [0.4, 0.5) is 5.69 Å². The molecule has 0 aliphatic rings. The Hall–Kier alpha value is -2.82. The summed E-state index contributed by atoms with van der Waals surface area (Å²) in [5, 5.41) is 4.47. The first-order chi connectivity index (χ1) is 11.2. The van der Waals surface area contributed by atoms with E-state index in [4.69, 9.17) is 14.2 Å². The smallest absolute Gasteiger partial charge is 0.203 e. The fraction of sp³-hybridized carbons (Fsp3) is 0.222. The molecule has 0 aliphatic heterocycles. The summed E-state index contributed by atoms with van der Waals surface area (Å²) in [6.45, 7) is 0.645. The quantitative estimate of drug-likeness (QED) is 0.730. The van der Waals surface area contributed by atoms with Crippen molar-refractivity contribution < 1.29 is 14.2 Å². The number of ether oxygens (including phenoxy) is 3. The minimum Gasteiger partial charge on any atom is -0.493 e. The Bertz CT molecular complexity index is 786. The van der Waals surface area contributed by atoms with E-state index in [1.54, 1.807) is 21.3 Å². The second-order valence-electron chi connectivity index (χ2n) is 5.08. The summed E-state index contributed by atoms with van der Waals surface area (Å²) in [5.74, 6) is 1.90. The van der Waals surface area contributed by atoms with Gasteiger partial charge in [-0.25, -0.2) is 0 Å². The molecule has 1 heterocycles. The van der Waals surface area contributed by atoms with Crippen molar-refractivity contribution in [2.45, 2.75) is 6.54 Å². The van der Waals surface area contributed by atoms with Crippen LogP contribution in [0.15, 0.2) is 36.5 Å². The highest BCUT2D eigenvalue weighted by Gasteiger charge is 2.13. The highest BCUT2D eigenvalue weighted by Crippen LogP contribution is 2.38. The Morgan fingerprint density at radius 2 is 1.74 bits per heavy atom. The van der Waals surface area contributed by atoms with E-state index in [0.29, 0.717) is 23.8 Å². The van der Waals surface area contributed by atoms with Crippen LogP contribution in [-0.2, 0) is 6.54 Å². The van der Waals surface area contributed by atoms with Gasteiger partial charge in [-0.1, -0.05) is 6.07 Å². The Morgan fingerprint density at radius 1 is 1.00 bits per heavy atom. The number of hydrogen-bond acceptors (Lipinski definition) is 4. The molecule has 23 heavy (non-hydrogen) atoms. The van der Waals surface area contributed by atoms with Crippen LogP contribution in [0.2, 0.25) is 0 Å². The maximum Gasteiger partial charge on any atom is 0.203 e. The molecule has 2 aromatic carbocycles. The number of rotatable bonds is 6. The lowest BCUT2D eigenvalue weighted by molar-refractivity contribution is 0.324. The van der Waals surface area contributed by atoms with Crippen LogP contribution in [-0.4, -0.2) is 26.3 Å². The molecule has 0 bridgehead atoms. The molecule has 0 amide bonds. The zero-order valence-electron chi connectivity index (χ0n) is 13.4. The third kappa shape index (κ3) is 3.04. The Kier molecular flexibility index (Phi) is 4.28. The van der Waals surface area contributed by atoms with Crippen molar-refractivity contribution in [3.63, 3.8) is 0 Å². The first-order valence-corrected chi connectivity index (χ1v) is 7.26. The van der Waals surface area contributed by atoms with Gasteiger partial charge in [-0.05, 0) is 29.8 Å². The number of nitrogens with one attached hydrogen (secondary N) is 2. The van der Waals surface area contributed by atoms with Gasteiger partial charge in [-0.2, -0.15) is 0 Å². The lowest BCUT2D eigenvalue weighted by Crippen LogP contribution is -2.02. The molecule has 0 fully saturated rings. The van der Waals surface area contributed by atoms with E-state index in [9.17, 15) is 0 Å². The van der Waals surface area contributed by atoms with Crippen molar-refractivity contribution in [1.29, 1.82) is 0 Å². The highest BCUT2D eigenvalue weighted by molar-refractivity contribution is 5.82. The first kappa shape index (κ1) is 15.1.